The van der Waals surface area contributed by atoms with Gasteiger partial charge in [-0.2, -0.15) is 0 Å². The normalized spacial score (nSPS) is 14.8. The van der Waals surface area contributed by atoms with Crippen LogP contribution < -0.4 is 31.9 Å². The highest BCUT2D eigenvalue weighted by atomic mass is 32.1. The molecule has 1 aromatic heterocycles. The van der Waals surface area contributed by atoms with Gasteiger partial charge in [0.1, 0.15) is 29.7 Å². The van der Waals surface area contributed by atoms with Crippen LogP contribution >= 0.6 is 11.3 Å². The Morgan fingerprint density at radius 2 is 1.18 bits per heavy atom. The van der Waals surface area contributed by atoms with Crippen LogP contribution in [0.25, 0.3) is 0 Å². The van der Waals surface area contributed by atoms with Crippen molar-refractivity contribution in [3.8, 4) is 0 Å². The number of likely N-dealkylation sites (N-methyl/N-ethyl adjacent to an activating group) is 1. The van der Waals surface area contributed by atoms with E-state index in [2.05, 4.69) is 36.9 Å². The van der Waals surface area contributed by atoms with Crippen molar-refractivity contribution in [2.75, 3.05) is 100.0 Å². The number of imide groups is 1. The van der Waals surface area contributed by atoms with E-state index in [1.54, 1.807) is 30.1 Å². The number of amides is 9. The molecule has 0 fully saturated rings. The van der Waals surface area contributed by atoms with Crippen molar-refractivity contribution >= 4 is 117 Å². The number of aromatic nitrogens is 1. The number of benzene rings is 1. The Morgan fingerprint density at radius 1 is 0.639 bits per heavy atom. The second kappa shape index (κ2) is 55.6. The Labute approximate surface area is 720 Å². The van der Waals surface area contributed by atoms with E-state index in [0.717, 1.165) is 28.4 Å². The first kappa shape index (κ1) is 105. The quantitative estimate of drug-likeness (QED) is 0.0147. The minimum atomic E-state index is -1.15. The summed E-state index contributed by atoms with van der Waals surface area (Å²) >= 11 is 1.05. The van der Waals surface area contributed by atoms with Gasteiger partial charge in [-0.3, -0.25) is 91.3 Å². The van der Waals surface area contributed by atoms with Crippen LogP contribution in [0.1, 0.15) is 236 Å². The van der Waals surface area contributed by atoms with E-state index in [9.17, 15) is 86.6 Å². The Hall–Kier alpha value is -9.48. The van der Waals surface area contributed by atoms with Crippen molar-refractivity contribution in [1.82, 2.24) is 46.3 Å². The van der Waals surface area contributed by atoms with Gasteiger partial charge >= 0.3 is 11.9 Å². The summed E-state index contributed by atoms with van der Waals surface area (Å²) < 4.78 is 26.3. The number of ketones is 6. The molecule has 2 heterocycles. The molecule has 33 nitrogen and oxygen atoms in total. The van der Waals surface area contributed by atoms with Gasteiger partial charge in [0.05, 0.1) is 55.9 Å². The van der Waals surface area contributed by atoms with Gasteiger partial charge in [-0.1, -0.05) is 53.2 Å². The van der Waals surface area contributed by atoms with E-state index in [-0.39, 0.29) is 255 Å². The minimum Gasteiger partial charge on any atom is -0.481 e. The van der Waals surface area contributed by atoms with Crippen LogP contribution in [0, 0.1) is 29.6 Å². The first-order valence-electron chi connectivity index (χ1n) is 42.6. The standard InChI is InChI=1S/C88H132N10O23S/c1-14-57(4)65(51-76(105)88(7,8)96(9)10)86(114)97(11)70(56(2)3)52-75(121-59(6)99)85-95-69(55-122-85)84(113)91-62(47-58(5)87(115)116)48-60-34-35-61(50-63(100)25-15-16-29-73(103)66(27-19-21-40-89-80(109)53-119-45-43-117-12)92-78(107)32-23-26-64-71(101)36-37-72(64)102)68(49-60)94-77(106)31-18-17-30-74(104)67(28-20-22-41-90-81(110)54-120-46-44-118-13)93-79(108)33-24-42-98-82(111)38-39-83(98)112/h34-39,49,55-58,62,64-67,70,75H,14-33,40-48,50-54H2,1-13H3,(H,89,109)(H,90,110)(H,91,113)(H,92,107)(H,93,108)(H,94,106)(H,115,116)/t57-,58?,62+,65-,66-,67-,70+,75+/m0/s1. The molecule has 678 valence electrons. The van der Waals surface area contributed by atoms with E-state index < -0.39 is 101 Å². The van der Waals surface area contributed by atoms with Crippen molar-refractivity contribution in [3.63, 3.8) is 0 Å². The zero-order valence-electron chi connectivity index (χ0n) is 73.6. The zero-order valence-corrected chi connectivity index (χ0v) is 74.4. The molecule has 4 rings (SSSR count). The SMILES string of the molecule is CC[C@H](C)[C@H](CC(=O)C(C)(C)N(C)C)C(=O)N(C)[C@H](C[C@@H](OC(C)=O)c1nc(C(=O)N[C@@H](Cc2ccc(CC(=O)CCCCC(=O)[C@H](CCCCNC(=O)COCCOC)NC(=O)CCCC3C(=O)C=CC3=O)c(NC(=O)CCCCC(=O)[C@H](CCCCNC(=O)COCCOC)NC(=O)CCCN3C(=O)C=CC3=O)c2)CC(C)C(=O)O)cs1)C(C)C. The summed E-state index contributed by atoms with van der Waals surface area (Å²) in [6.45, 7) is 15.4. The van der Waals surface area contributed by atoms with Crippen molar-refractivity contribution in [2.45, 2.75) is 252 Å². The number of nitrogens with one attached hydrogen (secondary N) is 6. The lowest BCUT2D eigenvalue weighted by Gasteiger charge is -2.38. The Balaban J connectivity index is 1.60. The number of hydrogen-bond acceptors (Lipinski definition) is 25. The molecule has 1 unspecified atom stereocenters. The van der Waals surface area contributed by atoms with Gasteiger partial charge in [-0.25, -0.2) is 4.98 Å². The largest absolute Gasteiger partial charge is 0.481 e. The summed E-state index contributed by atoms with van der Waals surface area (Å²) in [7, 11) is 8.31. The molecule has 34 heteroatoms. The van der Waals surface area contributed by atoms with Gasteiger partial charge in [0.25, 0.3) is 17.7 Å². The first-order chi connectivity index (χ1) is 57.9. The van der Waals surface area contributed by atoms with Crippen LogP contribution in [0.15, 0.2) is 47.9 Å². The summed E-state index contributed by atoms with van der Waals surface area (Å²) in [6, 6.07) is 1.63. The minimum absolute atomic E-state index is 0.00826. The number of carboxylic acids is 1. The number of allylic oxidation sites excluding steroid dienone is 2. The lowest BCUT2D eigenvalue weighted by molar-refractivity contribution is -0.150. The number of carbonyl (C=O) groups excluding carboxylic acids is 16. The van der Waals surface area contributed by atoms with Crippen LogP contribution in [-0.2, 0) is 113 Å². The number of anilines is 1. The number of rotatable bonds is 65. The van der Waals surface area contributed by atoms with Crippen molar-refractivity contribution in [3.05, 3.63) is 69.7 Å². The highest BCUT2D eigenvalue weighted by molar-refractivity contribution is 7.09. The predicted octanol–water partition coefficient (Wildman–Crippen LogP) is 7.41. The van der Waals surface area contributed by atoms with Gasteiger partial charge in [-0.15, -0.1) is 11.3 Å². The predicted molar refractivity (Wildman–Crippen MR) is 455 cm³/mol. The molecule has 7 N–H and O–H groups in total. The van der Waals surface area contributed by atoms with Crippen molar-refractivity contribution in [2.24, 2.45) is 29.6 Å². The number of hydrogen-bond donors (Lipinski definition) is 7. The van der Waals surface area contributed by atoms with Crippen LogP contribution in [0.3, 0.4) is 0 Å². The molecule has 1 aliphatic carbocycles. The number of ether oxygens (including phenoxy) is 5. The summed E-state index contributed by atoms with van der Waals surface area (Å²) in [5.74, 6) is -10.3. The summed E-state index contributed by atoms with van der Waals surface area (Å²) in [5, 5.41) is 29.0. The third-order valence-electron chi connectivity index (χ3n) is 22.1. The number of methoxy groups -OCH3 is 2. The average molecular weight is 1730 g/mol. The molecule has 2 aliphatic rings. The maximum Gasteiger partial charge on any atom is 0.306 e. The number of carbonyl (C=O) groups is 17. The smallest absolute Gasteiger partial charge is 0.306 e. The molecule has 0 radical (unpaired) electrons. The highest BCUT2D eigenvalue weighted by Crippen LogP contribution is 2.34. The number of nitrogens with zero attached hydrogens (tertiary/aromatic N) is 4. The van der Waals surface area contributed by atoms with E-state index in [1.165, 1.54) is 45.6 Å². The fourth-order valence-corrected chi connectivity index (χ4v) is 14.8. The molecule has 8 atom stereocenters. The van der Waals surface area contributed by atoms with E-state index in [0.29, 0.717) is 56.4 Å². The average Bonchev–Trinajstić information content (AvgIpc) is 1.26. The second-order valence-electron chi connectivity index (χ2n) is 32.6. The van der Waals surface area contributed by atoms with Crippen LogP contribution in [0.4, 0.5) is 5.69 Å². The maximum absolute atomic E-state index is 14.6. The van der Waals surface area contributed by atoms with Crippen LogP contribution in [0.2, 0.25) is 0 Å². The van der Waals surface area contributed by atoms with Gasteiger partial charge in [0.15, 0.2) is 35.0 Å². The highest BCUT2D eigenvalue weighted by Gasteiger charge is 2.40. The molecule has 2 aromatic rings. The molecular weight excluding hydrogens is 1600 g/mol. The maximum atomic E-state index is 14.6. The summed E-state index contributed by atoms with van der Waals surface area (Å²) in [4.78, 5) is 234. The first-order valence-corrected chi connectivity index (χ1v) is 43.5. The number of Topliss-reactive ketones (excluding diaryl/α,β-unsaturated/α-hetero) is 4. The lowest BCUT2D eigenvalue weighted by atomic mass is 9.81. The number of esters is 1. The molecule has 122 heavy (non-hydrogen) atoms. The molecule has 0 saturated heterocycles. The van der Waals surface area contributed by atoms with E-state index >= 15 is 0 Å². The molecule has 0 spiro atoms. The topological polar surface area (TPSA) is 451 Å². The Bertz CT molecular complexity index is 3890. The van der Waals surface area contributed by atoms with E-state index in [4.69, 9.17) is 23.7 Å². The zero-order chi connectivity index (χ0) is 90.6. The van der Waals surface area contributed by atoms with Gasteiger partial charge in [0.2, 0.25) is 35.4 Å². The fraction of sp³-hybridized carbons (Fsp3) is 0.659. The monoisotopic (exact) mass is 1730 g/mol. The number of unbranched alkanes of at least 4 members (excludes halogenated alkanes) is 4. The van der Waals surface area contributed by atoms with Gasteiger partial charge in [-0.05, 0) is 165 Å². The second-order valence-corrected chi connectivity index (χ2v) is 33.4. The van der Waals surface area contributed by atoms with Crippen molar-refractivity contribution in [1.29, 1.82) is 0 Å². The Morgan fingerprint density at radius 3 is 1.70 bits per heavy atom. The summed E-state index contributed by atoms with van der Waals surface area (Å²) in [5.41, 5.74) is 0.188. The fourth-order valence-electron chi connectivity index (χ4n) is 13.9. The third kappa shape index (κ3) is 38.1. The molecule has 0 bridgehead atoms. The summed E-state index contributed by atoms with van der Waals surface area (Å²) in [6.07, 6.45) is 7.37. The number of thiazole rings is 1. The molecular formula is C88H132N10O23S. The molecule has 0 saturated carbocycles. The van der Waals surface area contributed by atoms with Crippen molar-refractivity contribution < 1.29 is 110 Å². The van der Waals surface area contributed by atoms with Gasteiger partial charge in [0, 0.05) is 147 Å². The molecule has 9 amide bonds. The number of carboxylic acid groups (broad SMARTS) is 1. The third-order valence-corrected chi connectivity index (χ3v) is 23.1. The molecule has 1 aromatic carbocycles. The van der Waals surface area contributed by atoms with Crippen LogP contribution in [-0.4, -0.2) is 249 Å². The lowest BCUT2D eigenvalue weighted by Crippen LogP contribution is -2.50. The Kier molecular flexibility index (Phi) is 47.8. The van der Waals surface area contributed by atoms with Crippen LogP contribution in [0.5, 0.6) is 0 Å². The van der Waals surface area contributed by atoms with Gasteiger partial charge < -0.3 is 65.6 Å². The molecule has 1 aliphatic heterocycles. The number of aliphatic carboxylic acids is 1. The van der Waals surface area contributed by atoms with E-state index in [1.807, 2.05) is 60.5 Å².